The number of amides is 2. The van der Waals surface area contributed by atoms with Crippen LogP contribution in [0, 0.1) is 12.8 Å². The highest BCUT2D eigenvalue weighted by Crippen LogP contribution is 2.42. The molecular weight excluding hydrogens is 404 g/mol. The molecule has 8 nitrogen and oxygen atoms in total. The van der Waals surface area contributed by atoms with Gasteiger partial charge in [-0.2, -0.15) is 0 Å². The second-order valence-corrected chi connectivity index (χ2v) is 10.5. The highest BCUT2D eigenvalue weighted by Gasteiger charge is 2.46. The smallest absolute Gasteiger partial charge is 0.410 e. The minimum atomic E-state index is -0.515. The standard InChI is InChI=1S/C21H30N4O4S/c1-13-12-30-18(22-13)16(14-5-6-14)23-17(26)15-11-21(29-24-15)7-9-25(10-8-21)19(27)28-20(2,3)4/h12,14,16H,5-11H2,1-4H3,(H,23,26)/t16-/m0/s1. The molecule has 4 rings (SSSR count). The van der Waals surface area contributed by atoms with Gasteiger partial charge in [-0.3, -0.25) is 4.79 Å². The number of nitrogens with one attached hydrogen (secondary N) is 1. The Labute approximate surface area is 181 Å². The Kier molecular flexibility index (Phi) is 5.50. The van der Waals surface area contributed by atoms with E-state index in [2.05, 4.69) is 15.5 Å². The van der Waals surface area contributed by atoms with E-state index in [0.717, 1.165) is 23.5 Å². The number of ether oxygens (including phenoxy) is 1. The number of carbonyl (C=O) groups is 2. The van der Waals surface area contributed by atoms with E-state index in [4.69, 9.17) is 9.57 Å². The number of carbonyl (C=O) groups excluding carboxylic acids is 2. The van der Waals surface area contributed by atoms with E-state index < -0.39 is 11.2 Å². The van der Waals surface area contributed by atoms with Gasteiger partial charge >= 0.3 is 6.09 Å². The van der Waals surface area contributed by atoms with Gasteiger partial charge in [0.1, 0.15) is 21.9 Å². The van der Waals surface area contributed by atoms with Gasteiger partial charge in [0.2, 0.25) is 0 Å². The molecule has 0 bridgehead atoms. The monoisotopic (exact) mass is 434 g/mol. The molecule has 1 N–H and O–H groups in total. The van der Waals surface area contributed by atoms with Crippen molar-refractivity contribution in [3.63, 3.8) is 0 Å². The predicted molar refractivity (Wildman–Crippen MR) is 113 cm³/mol. The Balaban J connectivity index is 1.32. The first-order valence-electron chi connectivity index (χ1n) is 10.6. The molecule has 0 radical (unpaired) electrons. The summed E-state index contributed by atoms with van der Waals surface area (Å²) in [7, 11) is 0. The molecule has 1 aromatic rings. The van der Waals surface area contributed by atoms with Gasteiger partial charge in [-0.1, -0.05) is 5.16 Å². The van der Waals surface area contributed by atoms with E-state index in [-0.39, 0.29) is 18.0 Å². The number of rotatable bonds is 4. The first-order valence-corrected chi connectivity index (χ1v) is 11.5. The number of hydrogen-bond acceptors (Lipinski definition) is 7. The lowest BCUT2D eigenvalue weighted by molar-refractivity contribution is -0.115. The van der Waals surface area contributed by atoms with Gasteiger partial charge in [0, 0.05) is 43.4 Å². The summed E-state index contributed by atoms with van der Waals surface area (Å²) in [5, 5.41) is 10.2. The van der Waals surface area contributed by atoms with Crippen LogP contribution in [-0.2, 0) is 14.4 Å². The van der Waals surface area contributed by atoms with Crippen LogP contribution in [0.15, 0.2) is 10.5 Å². The summed E-state index contributed by atoms with van der Waals surface area (Å²) in [5.74, 6) is 0.277. The van der Waals surface area contributed by atoms with Crippen LogP contribution in [0.4, 0.5) is 4.79 Å². The zero-order chi connectivity index (χ0) is 21.5. The van der Waals surface area contributed by atoms with Crippen LogP contribution < -0.4 is 5.32 Å². The average molecular weight is 435 g/mol. The Morgan fingerprint density at radius 1 is 1.33 bits per heavy atom. The number of likely N-dealkylation sites (tertiary alicyclic amines) is 1. The molecule has 0 unspecified atom stereocenters. The van der Waals surface area contributed by atoms with E-state index in [9.17, 15) is 9.59 Å². The summed E-state index contributed by atoms with van der Waals surface area (Å²) >= 11 is 1.59. The molecule has 3 heterocycles. The van der Waals surface area contributed by atoms with Gasteiger partial charge in [-0.05, 0) is 46.5 Å². The number of piperidine rings is 1. The first kappa shape index (κ1) is 21.1. The van der Waals surface area contributed by atoms with Crippen molar-refractivity contribution in [3.8, 4) is 0 Å². The van der Waals surface area contributed by atoms with Gasteiger partial charge in [0.05, 0.1) is 6.04 Å². The molecule has 1 saturated heterocycles. The molecule has 3 aliphatic rings. The van der Waals surface area contributed by atoms with Crippen LogP contribution in [0.5, 0.6) is 0 Å². The SMILES string of the molecule is Cc1csc([C@@H](NC(=O)C2=NOC3(CCN(C(=O)OC(C)(C)C)CC3)C2)C2CC2)n1. The minimum absolute atomic E-state index is 0.0514. The van der Waals surface area contributed by atoms with Crippen molar-refractivity contribution in [2.75, 3.05) is 13.1 Å². The maximum Gasteiger partial charge on any atom is 0.410 e. The van der Waals surface area contributed by atoms with Crippen molar-refractivity contribution < 1.29 is 19.2 Å². The molecule has 1 atom stereocenters. The molecule has 2 fully saturated rings. The van der Waals surface area contributed by atoms with Crippen molar-refractivity contribution >= 4 is 29.0 Å². The fourth-order valence-electron chi connectivity index (χ4n) is 3.89. The van der Waals surface area contributed by atoms with Crippen LogP contribution in [-0.4, -0.2) is 51.9 Å². The number of oxime groups is 1. The molecule has 2 aliphatic heterocycles. The second kappa shape index (κ2) is 7.83. The Morgan fingerprint density at radius 3 is 2.60 bits per heavy atom. The fraction of sp³-hybridized carbons (Fsp3) is 0.714. The summed E-state index contributed by atoms with van der Waals surface area (Å²) in [5.41, 5.74) is 0.392. The third-order valence-electron chi connectivity index (χ3n) is 5.71. The zero-order valence-corrected chi connectivity index (χ0v) is 18.9. The Bertz CT molecular complexity index is 847. The summed E-state index contributed by atoms with van der Waals surface area (Å²) in [6.07, 6.45) is 3.64. The van der Waals surface area contributed by atoms with Crippen molar-refractivity contribution in [1.82, 2.24) is 15.2 Å². The van der Waals surface area contributed by atoms with E-state index in [1.807, 2.05) is 33.1 Å². The largest absolute Gasteiger partial charge is 0.444 e. The topological polar surface area (TPSA) is 93.1 Å². The average Bonchev–Trinajstić information content (AvgIpc) is 3.30. The van der Waals surface area contributed by atoms with E-state index in [1.165, 1.54) is 0 Å². The fourth-order valence-corrected chi connectivity index (χ4v) is 4.82. The molecule has 1 aliphatic carbocycles. The van der Waals surface area contributed by atoms with Crippen molar-refractivity contribution in [3.05, 3.63) is 16.1 Å². The molecule has 1 aromatic heterocycles. The number of aromatic nitrogens is 1. The Hall–Kier alpha value is -2.16. The van der Waals surface area contributed by atoms with Gasteiger partial charge in [0.15, 0.2) is 0 Å². The highest BCUT2D eigenvalue weighted by molar-refractivity contribution is 7.09. The van der Waals surface area contributed by atoms with Crippen LogP contribution in [0.25, 0.3) is 0 Å². The normalized spacial score (nSPS) is 21.7. The van der Waals surface area contributed by atoms with Gasteiger partial charge in [-0.25, -0.2) is 9.78 Å². The van der Waals surface area contributed by atoms with Crippen LogP contribution in [0.1, 0.15) is 69.6 Å². The molecular formula is C21H30N4O4S. The van der Waals surface area contributed by atoms with Crippen LogP contribution in [0.2, 0.25) is 0 Å². The highest BCUT2D eigenvalue weighted by atomic mass is 32.1. The lowest BCUT2D eigenvalue weighted by Crippen LogP contribution is -2.48. The van der Waals surface area contributed by atoms with Gasteiger partial charge in [0.25, 0.3) is 5.91 Å². The molecule has 1 saturated carbocycles. The van der Waals surface area contributed by atoms with E-state index in [0.29, 0.717) is 44.0 Å². The molecule has 2 amide bonds. The molecule has 9 heteroatoms. The van der Waals surface area contributed by atoms with Gasteiger partial charge in [-0.15, -0.1) is 11.3 Å². The number of nitrogens with zero attached hydrogens (tertiary/aromatic N) is 3. The number of hydrogen-bond donors (Lipinski definition) is 1. The minimum Gasteiger partial charge on any atom is -0.444 e. The van der Waals surface area contributed by atoms with E-state index >= 15 is 0 Å². The Morgan fingerprint density at radius 2 is 2.03 bits per heavy atom. The second-order valence-electron chi connectivity index (χ2n) is 9.57. The zero-order valence-electron chi connectivity index (χ0n) is 18.1. The number of aryl methyl sites for hydroxylation is 1. The molecule has 164 valence electrons. The predicted octanol–water partition coefficient (Wildman–Crippen LogP) is 3.56. The van der Waals surface area contributed by atoms with Crippen LogP contribution >= 0.6 is 11.3 Å². The summed E-state index contributed by atoms with van der Waals surface area (Å²) in [6.45, 7) is 8.60. The number of thiazole rings is 1. The van der Waals surface area contributed by atoms with Gasteiger partial charge < -0.3 is 19.8 Å². The lowest BCUT2D eigenvalue weighted by atomic mass is 9.87. The van der Waals surface area contributed by atoms with Crippen molar-refractivity contribution in [1.29, 1.82) is 0 Å². The molecule has 30 heavy (non-hydrogen) atoms. The van der Waals surface area contributed by atoms with Crippen molar-refractivity contribution in [2.45, 2.75) is 77.0 Å². The quantitative estimate of drug-likeness (QED) is 0.782. The maximum absolute atomic E-state index is 12.9. The van der Waals surface area contributed by atoms with Crippen LogP contribution in [0.3, 0.4) is 0 Å². The maximum atomic E-state index is 12.9. The molecule has 0 aromatic carbocycles. The van der Waals surface area contributed by atoms with Crippen molar-refractivity contribution in [2.24, 2.45) is 11.1 Å². The van der Waals surface area contributed by atoms with E-state index in [1.54, 1.807) is 16.2 Å². The lowest BCUT2D eigenvalue weighted by Gasteiger charge is -2.37. The summed E-state index contributed by atoms with van der Waals surface area (Å²) in [6, 6.07) is -0.0514. The third-order valence-corrected chi connectivity index (χ3v) is 6.76. The third kappa shape index (κ3) is 4.77. The summed E-state index contributed by atoms with van der Waals surface area (Å²) in [4.78, 5) is 37.2. The summed E-state index contributed by atoms with van der Waals surface area (Å²) < 4.78 is 5.45. The molecule has 1 spiro atoms. The first-order chi connectivity index (χ1) is 14.1.